The lowest BCUT2D eigenvalue weighted by molar-refractivity contribution is 0.278. The molecule has 84 valence electrons. The average molecular weight is 233 g/mol. The number of thioether (sulfide) groups is 1. The van der Waals surface area contributed by atoms with E-state index in [1.54, 1.807) is 11.8 Å². The summed E-state index contributed by atoms with van der Waals surface area (Å²) in [7, 11) is 0. The van der Waals surface area contributed by atoms with Crippen molar-refractivity contribution in [3.63, 3.8) is 0 Å². The summed E-state index contributed by atoms with van der Waals surface area (Å²) in [6, 6.07) is 10.0. The minimum Gasteiger partial charge on any atom is -0.392 e. The first-order chi connectivity index (χ1) is 7.70. The number of para-hydroxylation sites is 1. The molecular formula is C13H15NOS. The number of hydrogen-bond donors (Lipinski definition) is 1. The molecule has 0 aliphatic carbocycles. The van der Waals surface area contributed by atoms with Crippen LogP contribution in [0.4, 0.5) is 0 Å². The van der Waals surface area contributed by atoms with Gasteiger partial charge in [-0.05, 0) is 12.1 Å². The maximum absolute atomic E-state index is 9.34. The number of aromatic nitrogens is 1. The standard InChI is InChI=1S/C13H15NOS/c1-9(2)16-13-11(8-15)7-10-5-3-4-6-12(10)14-13/h3-7,9,15H,8H2,1-2H3. The molecule has 0 radical (unpaired) electrons. The van der Waals surface area contributed by atoms with E-state index >= 15 is 0 Å². The van der Waals surface area contributed by atoms with Crippen molar-refractivity contribution in [1.29, 1.82) is 0 Å². The van der Waals surface area contributed by atoms with Crippen molar-refractivity contribution < 1.29 is 5.11 Å². The van der Waals surface area contributed by atoms with Gasteiger partial charge in [0.1, 0.15) is 5.03 Å². The zero-order valence-electron chi connectivity index (χ0n) is 9.47. The lowest BCUT2D eigenvalue weighted by Crippen LogP contribution is -1.96. The number of benzene rings is 1. The van der Waals surface area contributed by atoms with Crippen molar-refractivity contribution >= 4 is 22.7 Å². The molecule has 1 heterocycles. The fourth-order valence-corrected chi connectivity index (χ4v) is 2.45. The van der Waals surface area contributed by atoms with Crippen LogP contribution in [0, 0.1) is 0 Å². The molecule has 16 heavy (non-hydrogen) atoms. The zero-order valence-corrected chi connectivity index (χ0v) is 10.3. The number of fused-ring (bicyclic) bond motifs is 1. The van der Waals surface area contributed by atoms with Gasteiger partial charge in [0.15, 0.2) is 0 Å². The topological polar surface area (TPSA) is 33.1 Å². The van der Waals surface area contributed by atoms with Crippen LogP contribution in [0.5, 0.6) is 0 Å². The van der Waals surface area contributed by atoms with Crippen molar-refractivity contribution in [1.82, 2.24) is 4.98 Å². The second-order valence-corrected chi connectivity index (χ2v) is 5.54. The molecule has 1 aromatic carbocycles. The van der Waals surface area contributed by atoms with E-state index in [9.17, 15) is 5.11 Å². The maximum atomic E-state index is 9.34. The Bertz CT molecular complexity index is 496. The molecule has 0 fully saturated rings. The Kier molecular flexibility index (Phi) is 3.46. The summed E-state index contributed by atoms with van der Waals surface area (Å²) in [4.78, 5) is 4.59. The third-order valence-electron chi connectivity index (χ3n) is 2.28. The van der Waals surface area contributed by atoms with E-state index in [2.05, 4.69) is 18.8 Å². The predicted octanol–water partition coefficient (Wildman–Crippen LogP) is 3.23. The van der Waals surface area contributed by atoms with Gasteiger partial charge in [-0.3, -0.25) is 0 Å². The van der Waals surface area contributed by atoms with Crippen LogP contribution in [0.25, 0.3) is 10.9 Å². The molecule has 0 atom stereocenters. The maximum Gasteiger partial charge on any atom is 0.102 e. The first-order valence-electron chi connectivity index (χ1n) is 5.37. The predicted molar refractivity (Wildman–Crippen MR) is 68.7 cm³/mol. The summed E-state index contributed by atoms with van der Waals surface area (Å²) in [6.45, 7) is 4.30. The van der Waals surface area contributed by atoms with Gasteiger partial charge in [0.05, 0.1) is 12.1 Å². The minimum absolute atomic E-state index is 0.0485. The molecule has 3 heteroatoms. The van der Waals surface area contributed by atoms with Gasteiger partial charge >= 0.3 is 0 Å². The summed E-state index contributed by atoms with van der Waals surface area (Å²) in [5, 5.41) is 11.8. The normalized spacial score (nSPS) is 11.2. The summed E-state index contributed by atoms with van der Waals surface area (Å²) in [5.41, 5.74) is 1.90. The number of aliphatic hydroxyl groups excluding tert-OH is 1. The molecule has 2 rings (SSSR count). The van der Waals surface area contributed by atoms with E-state index in [1.807, 2.05) is 30.3 Å². The summed E-state index contributed by atoms with van der Waals surface area (Å²) in [6.07, 6.45) is 0. The highest BCUT2D eigenvalue weighted by molar-refractivity contribution is 7.99. The molecule has 1 aromatic heterocycles. The van der Waals surface area contributed by atoms with Crippen molar-refractivity contribution in [3.05, 3.63) is 35.9 Å². The van der Waals surface area contributed by atoms with Crippen LogP contribution in [0.15, 0.2) is 35.4 Å². The molecule has 0 bridgehead atoms. The average Bonchev–Trinajstić information content (AvgIpc) is 2.27. The number of rotatable bonds is 3. The van der Waals surface area contributed by atoms with E-state index in [0.717, 1.165) is 21.5 Å². The van der Waals surface area contributed by atoms with E-state index in [-0.39, 0.29) is 6.61 Å². The second kappa shape index (κ2) is 4.85. The van der Waals surface area contributed by atoms with E-state index < -0.39 is 0 Å². The highest BCUT2D eigenvalue weighted by Crippen LogP contribution is 2.27. The molecule has 2 aromatic rings. The van der Waals surface area contributed by atoms with Gasteiger partial charge in [0, 0.05) is 16.2 Å². The Morgan fingerprint density at radius 2 is 2.06 bits per heavy atom. The molecule has 0 unspecified atom stereocenters. The largest absolute Gasteiger partial charge is 0.392 e. The van der Waals surface area contributed by atoms with Gasteiger partial charge < -0.3 is 5.11 Å². The Morgan fingerprint density at radius 1 is 1.31 bits per heavy atom. The summed E-state index contributed by atoms with van der Waals surface area (Å²) < 4.78 is 0. The summed E-state index contributed by atoms with van der Waals surface area (Å²) >= 11 is 1.69. The highest BCUT2D eigenvalue weighted by atomic mass is 32.2. The molecule has 0 saturated carbocycles. The molecular weight excluding hydrogens is 218 g/mol. The third-order valence-corrected chi connectivity index (χ3v) is 3.33. The first-order valence-corrected chi connectivity index (χ1v) is 6.25. The van der Waals surface area contributed by atoms with Gasteiger partial charge in [-0.2, -0.15) is 0 Å². The van der Waals surface area contributed by atoms with Crippen LogP contribution in [0.2, 0.25) is 0 Å². The number of hydrogen-bond acceptors (Lipinski definition) is 3. The molecule has 0 aliphatic heterocycles. The van der Waals surface area contributed by atoms with Crippen LogP contribution in [-0.4, -0.2) is 15.3 Å². The lowest BCUT2D eigenvalue weighted by atomic mass is 10.2. The zero-order chi connectivity index (χ0) is 11.5. The van der Waals surface area contributed by atoms with Crippen LogP contribution in [0.1, 0.15) is 19.4 Å². The molecule has 0 saturated heterocycles. The van der Waals surface area contributed by atoms with Crippen LogP contribution in [0.3, 0.4) is 0 Å². The van der Waals surface area contributed by atoms with Crippen molar-refractivity contribution in [2.24, 2.45) is 0 Å². The smallest absolute Gasteiger partial charge is 0.102 e. The van der Waals surface area contributed by atoms with Gasteiger partial charge in [-0.1, -0.05) is 32.0 Å². The van der Waals surface area contributed by atoms with E-state index in [4.69, 9.17) is 0 Å². The van der Waals surface area contributed by atoms with Crippen molar-refractivity contribution in [2.75, 3.05) is 0 Å². The van der Waals surface area contributed by atoms with Crippen molar-refractivity contribution in [2.45, 2.75) is 30.7 Å². The quantitative estimate of drug-likeness (QED) is 0.826. The highest BCUT2D eigenvalue weighted by Gasteiger charge is 2.08. The Labute approximate surface area is 99.7 Å². The molecule has 1 N–H and O–H groups in total. The van der Waals surface area contributed by atoms with Gasteiger partial charge in [-0.25, -0.2) is 4.98 Å². The van der Waals surface area contributed by atoms with E-state index in [1.165, 1.54) is 0 Å². The van der Waals surface area contributed by atoms with Gasteiger partial charge in [-0.15, -0.1) is 11.8 Å². The SMILES string of the molecule is CC(C)Sc1nc2ccccc2cc1CO. The number of aliphatic hydroxyl groups is 1. The Hall–Kier alpha value is -1.06. The van der Waals surface area contributed by atoms with Crippen molar-refractivity contribution in [3.8, 4) is 0 Å². The number of nitrogens with zero attached hydrogens (tertiary/aromatic N) is 1. The second-order valence-electron chi connectivity index (χ2n) is 3.97. The third kappa shape index (κ3) is 2.36. The number of pyridine rings is 1. The molecule has 2 nitrogen and oxygen atoms in total. The lowest BCUT2D eigenvalue weighted by Gasteiger charge is -2.10. The van der Waals surface area contributed by atoms with Crippen LogP contribution < -0.4 is 0 Å². The van der Waals surface area contributed by atoms with Gasteiger partial charge in [0.2, 0.25) is 0 Å². The van der Waals surface area contributed by atoms with E-state index in [0.29, 0.717) is 5.25 Å². The minimum atomic E-state index is 0.0485. The summed E-state index contributed by atoms with van der Waals surface area (Å²) in [5.74, 6) is 0. The van der Waals surface area contributed by atoms with Gasteiger partial charge in [0.25, 0.3) is 0 Å². The van der Waals surface area contributed by atoms with Crippen LogP contribution in [-0.2, 0) is 6.61 Å². The fourth-order valence-electron chi connectivity index (χ4n) is 1.58. The van der Waals surface area contributed by atoms with Crippen LogP contribution >= 0.6 is 11.8 Å². The Morgan fingerprint density at radius 3 is 2.75 bits per heavy atom. The molecule has 0 spiro atoms. The monoisotopic (exact) mass is 233 g/mol. The Balaban J connectivity index is 2.53. The molecule has 0 aliphatic rings. The first kappa shape index (κ1) is 11.4. The fraction of sp³-hybridized carbons (Fsp3) is 0.308. The molecule has 0 amide bonds.